The molecule has 1 aromatic rings. The number of primary sulfonamides is 1. The van der Waals surface area contributed by atoms with E-state index in [4.69, 9.17) is 5.14 Å². The van der Waals surface area contributed by atoms with Gasteiger partial charge in [0.1, 0.15) is 0 Å². The Morgan fingerprint density at radius 3 is 2.33 bits per heavy atom. The first kappa shape index (κ1) is 15.9. The van der Waals surface area contributed by atoms with E-state index < -0.39 is 15.3 Å². The molecule has 0 spiro atoms. The quantitative estimate of drug-likeness (QED) is 0.836. The van der Waals surface area contributed by atoms with E-state index in [-0.39, 0.29) is 5.91 Å². The van der Waals surface area contributed by atoms with Crippen molar-refractivity contribution >= 4 is 15.9 Å². The first-order valence-electron chi connectivity index (χ1n) is 6.95. The van der Waals surface area contributed by atoms with Crippen molar-refractivity contribution in [2.75, 3.05) is 20.1 Å². The van der Waals surface area contributed by atoms with Gasteiger partial charge in [-0.25, -0.2) is 13.6 Å². The molecule has 1 heterocycles. The van der Waals surface area contributed by atoms with E-state index in [1.54, 1.807) is 19.2 Å². The molecule has 3 N–H and O–H groups in total. The molecule has 0 radical (unpaired) electrons. The van der Waals surface area contributed by atoms with Crippen molar-refractivity contribution in [1.82, 2.24) is 10.2 Å². The van der Waals surface area contributed by atoms with Crippen LogP contribution in [0.1, 0.15) is 28.8 Å². The zero-order valence-corrected chi connectivity index (χ0v) is 12.9. The third kappa shape index (κ3) is 4.26. The predicted molar refractivity (Wildman–Crippen MR) is 81.2 cm³/mol. The van der Waals surface area contributed by atoms with Crippen LogP contribution < -0.4 is 10.5 Å². The fourth-order valence-electron chi connectivity index (χ4n) is 2.56. The molecule has 0 unspecified atom stereocenters. The number of carbonyl (C=O) groups excluding carboxylic acids is 1. The highest BCUT2D eigenvalue weighted by Gasteiger charge is 2.27. The molecule has 1 aromatic carbocycles. The third-order valence-corrected chi connectivity index (χ3v) is 5.25. The summed E-state index contributed by atoms with van der Waals surface area (Å²) < 4.78 is 22.6. The van der Waals surface area contributed by atoms with Gasteiger partial charge in [0.2, 0.25) is 10.0 Å². The molecule has 0 saturated carbocycles. The van der Waals surface area contributed by atoms with E-state index in [1.165, 1.54) is 0 Å². The van der Waals surface area contributed by atoms with Gasteiger partial charge in [0.05, 0.1) is 5.25 Å². The summed E-state index contributed by atoms with van der Waals surface area (Å²) >= 11 is 0. The van der Waals surface area contributed by atoms with Crippen LogP contribution in [0, 0.1) is 0 Å². The molecule has 0 bridgehead atoms. The second-order valence-corrected chi connectivity index (χ2v) is 7.19. The third-order valence-electron chi connectivity index (χ3n) is 3.85. The van der Waals surface area contributed by atoms with Crippen molar-refractivity contribution < 1.29 is 13.2 Å². The molecule has 0 aliphatic carbocycles. The summed E-state index contributed by atoms with van der Waals surface area (Å²) in [6.07, 6.45) is 1.16. The molecule has 0 aromatic heterocycles. The topological polar surface area (TPSA) is 92.5 Å². The lowest BCUT2D eigenvalue weighted by Crippen LogP contribution is -2.41. The first-order valence-corrected chi connectivity index (χ1v) is 8.56. The Balaban J connectivity index is 1.90. The first-order chi connectivity index (χ1) is 9.90. The number of benzene rings is 1. The Morgan fingerprint density at radius 1 is 1.29 bits per heavy atom. The minimum atomic E-state index is -3.41. The number of piperidine rings is 1. The molecular weight excluding hydrogens is 290 g/mol. The SMILES string of the molecule is CNC(=O)c1ccc(CN2CCC(S(N)(=O)=O)CC2)cc1. The normalized spacial score (nSPS) is 17.6. The lowest BCUT2D eigenvalue weighted by atomic mass is 10.1. The van der Waals surface area contributed by atoms with Crippen molar-refractivity contribution in [3.63, 3.8) is 0 Å². The van der Waals surface area contributed by atoms with Crippen LogP contribution in [0.25, 0.3) is 0 Å². The van der Waals surface area contributed by atoms with E-state index in [9.17, 15) is 13.2 Å². The maximum Gasteiger partial charge on any atom is 0.251 e. The Labute approximate surface area is 125 Å². The Morgan fingerprint density at radius 2 is 1.86 bits per heavy atom. The summed E-state index contributed by atoms with van der Waals surface area (Å²) in [6, 6.07) is 7.45. The number of hydrogen-bond donors (Lipinski definition) is 2. The second kappa shape index (κ2) is 6.55. The van der Waals surface area contributed by atoms with Crippen molar-refractivity contribution in [1.29, 1.82) is 0 Å². The van der Waals surface area contributed by atoms with Crippen molar-refractivity contribution in [2.24, 2.45) is 5.14 Å². The lowest BCUT2D eigenvalue weighted by molar-refractivity contribution is 0.0963. The number of sulfonamides is 1. The number of carbonyl (C=O) groups is 1. The highest BCUT2D eigenvalue weighted by molar-refractivity contribution is 7.89. The van der Waals surface area contributed by atoms with Gasteiger partial charge in [0, 0.05) is 19.2 Å². The van der Waals surface area contributed by atoms with Crippen molar-refractivity contribution in [2.45, 2.75) is 24.6 Å². The summed E-state index contributed by atoms with van der Waals surface area (Å²) in [6.45, 7) is 2.20. The number of nitrogens with zero attached hydrogens (tertiary/aromatic N) is 1. The lowest BCUT2D eigenvalue weighted by Gasteiger charge is -2.30. The van der Waals surface area contributed by atoms with Crippen LogP contribution in [0.5, 0.6) is 0 Å². The van der Waals surface area contributed by atoms with Crippen LogP contribution in [0.15, 0.2) is 24.3 Å². The minimum Gasteiger partial charge on any atom is -0.355 e. The van der Waals surface area contributed by atoms with E-state index in [0.29, 0.717) is 18.4 Å². The highest BCUT2D eigenvalue weighted by atomic mass is 32.2. The molecule has 1 fully saturated rings. The average Bonchev–Trinajstić information content (AvgIpc) is 2.47. The van der Waals surface area contributed by atoms with Gasteiger partial charge >= 0.3 is 0 Å². The monoisotopic (exact) mass is 311 g/mol. The van der Waals surface area contributed by atoms with Crippen LogP contribution in [0.4, 0.5) is 0 Å². The number of rotatable bonds is 4. The molecule has 2 rings (SSSR count). The van der Waals surface area contributed by atoms with E-state index in [2.05, 4.69) is 10.2 Å². The number of amides is 1. The smallest absolute Gasteiger partial charge is 0.251 e. The molecule has 1 aliphatic heterocycles. The second-order valence-electron chi connectivity index (χ2n) is 5.34. The average molecular weight is 311 g/mol. The van der Waals surface area contributed by atoms with Gasteiger partial charge in [-0.3, -0.25) is 9.69 Å². The van der Waals surface area contributed by atoms with Gasteiger partial charge < -0.3 is 5.32 Å². The van der Waals surface area contributed by atoms with Gasteiger partial charge in [0.15, 0.2) is 0 Å². The fraction of sp³-hybridized carbons (Fsp3) is 0.500. The summed E-state index contributed by atoms with van der Waals surface area (Å²) in [4.78, 5) is 13.7. The van der Waals surface area contributed by atoms with Crippen LogP contribution in [-0.2, 0) is 16.6 Å². The Bertz CT molecular complexity index is 590. The molecule has 1 saturated heterocycles. The van der Waals surface area contributed by atoms with Gasteiger partial charge in [-0.15, -0.1) is 0 Å². The van der Waals surface area contributed by atoms with Crippen molar-refractivity contribution in [3.8, 4) is 0 Å². The van der Waals surface area contributed by atoms with Crippen LogP contribution in [0.2, 0.25) is 0 Å². The number of likely N-dealkylation sites (tertiary alicyclic amines) is 1. The Hall–Kier alpha value is -1.44. The number of nitrogens with two attached hydrogens (primary N) is 1. The Kier molecular flexibility index (Phi) is 4.97. The standard InChI is InChI=1S/C14H21N3O3S/c1-16-14(18)12-4-2-11(3-5-12)10-17-8-6-13(7-9-17)21(15,19)20/h2-5,13H,6-10H2,1H3,(H,16,18)(H2,15,19,20). The number of nitrogens with one attached hydrogen (secondary N) is 1. The maximum absolute atomic E-state index is 11.5. The summed E-state index contributed by atoms with van der Waals surface area (Å²) in [5.74, 6) is -0.101. The highest BCUT2D eigenvalue weighted by Crippen LogP contribution is 2.18. The molecule has 116 valence electrons. The van der Waals surface area contributed by atoms with Gasteiger partial charge in [-0.2, -0.15) is 0 Å². The summed E-state index contributed by atoms with van der Waals surface area (Å²) in [5, 5.41) is 7.35. The molecular formula is C14H21N3O3S. The molecule has 0 atom stereocenters. The molecule has 1 amide bonds. The summed E-state index contributed by atoms with van der Waals surface area (Å²) in [7, 11) is -1.81. The minimum absolute atomic E-state index is 0.101. The summed E-state index contributed by atoms with van der Waals surface area (Å²) in [5.41, 5.74) is 1.74. The zero-order valence-electron chi connectivity index (χ0n) is 12.1. The predicted octanol–water partition coefficient (Wildman–Crippen LogP) is 0.299. The van der Waals surface area contributed by atoms with E-state index in [0.717, 1.165) is 25.2 Å². The molecule has 6 nitrogen and oxygen atoms in total. The van der Waals surface area contributed by atoms with E-state index in [1.807, 2.05) is 12.1 Å². The zero-order chi connectivity index (χ0) is 15.5. The van der Waals surface area contributed by atoms with Crippen molar-refractivity contribution in [3.05, 3.63) is 35.4 Å². The van der Waals surface area contributed by atoms with Gasteiger partial charge in [-0.05, 0) is 43.6 Å². The molecule has 21 heavy (non-hydrogen) atoms. The number of hydrogen-bond acceptors (Lipinski definition) is 4. The van der Waals surface area contributed by atoms with Gasteiger partial charge in [-0.1, -0.05) is 12.1 Å². The molecule has 1 aliphatic rings. The maximum atomic E-state index is 11.5. The molecule has 7 heteroatoms. The van der Waals surface area contributed by atoms with E-state index >= 15 is 0 Å². The van der Waals surface area contributed by atoms with Gasteiger partial charge in [0.25, 0.3) is 5.91 Å². The fourth-order valence-corrected chi connectivity index (χ4v) is 3.43. The van der Waals surface area contributed by atoms with Crippen LogP contribution >= 0.6 is 0 Å². The largest absolute Gasteiger partial charge is 0.355 e. The van der Waals surface area contributed by atoms with Crippen LogP contribution in [0.3, 0.4) is 0 Å². The van der Waals surface area contributed by atoms with Crippen LogP contribution in [-0.4, -0.2) is 44.6 Å².